The van der Waals surface area contributed by atoms with Gasteiger partial charge < -0.3 is 19.5 Å². The number of nitrogens with zero attached hydrogens (tertiary/aromatic N) is 5. The SMILES string of the molecule is CCNC(=NCc1nnc2n1CCCCC2)N1CCOC(c2ccc(C)cc2C)C1. The van der Waals surface area contributed by atoms with Gasteiger partial charge in [-0.25, -0.2) is 4.99 Å². The standard InChI is InChI=1S/C23H34N6O/c1-4-24-23(25-15-22-27-26-21-8-6-5-7-11-29(21)22)28-12-13-30-20(16-28)19-10-9-17(2)14-18(19)3/h9-10,14,20H,4-8,11-13,15-16H2,1-3H3,(H,24,25). The smallest absolute Gasteiger partial charge is 0.194 e. The van der Waals surface area contributed by atoms with Crippen molar-refractivity contribution < 1.29 is 4.74 Å². The van der Waals surface area contributed by atoms with Gasteiger partial charge in [0.15, 0.2) is 11.8 Å². The quantitative estimate of drug-likeness (QED) is 0.619. The number of aryl methyl sites for hydroxylation is 3. The maximum Gasteiger partial charge on any atom is 0.194 e. The number of guanidine groups is 1. The molecule has 1 fully saturated rings. The molecule has 0 amide bonds. The number of rotatable bonds is 4. The molecule has 1 N–H and O–H groups in total. The first-order valence-corrected chi connectivity index (χ1v) is 11.3. The molecular weight excluding hydrogens is 376 g/mol. The van der Waals surface area contributed by atoms with E-state index in [1.165, 1.54) is 36.0 Å². The molecule has 4 rings (SSSR count). The molecule has 2 aromatic rings. The summed E-state index contributed by atoms with van der Waals surface area (Å²) in [4.78, 5) is 7.25. The lowest BCUT2D eigenvalue weighted by atomic mass is 10.00. The van der Waals surface area contributed by atoms with Crippen LogP contribution in [0, 0.1) is 13.8 Å². The predicted octanol–water partition coefficient (Wildman–Crippen LogP) is 3.16. The highest BCUT2D eigenvalue weighted by molar-refractivity contribution is 5.80. The van der Waals surface area contributed by atoms with Crippen molar-refractivity contribution in [2.45, 2.75) is 65.6 Å². The number of fused-ring (bicyclic) bond motifs is 1. The minimum atomic E-state index is 0.0626. The topological polar surface area (TPSA) is 67.6 Å². The van der Waals surface area contributed by atoms with Gasteiger partial charge in [-0.3, -0.25) is 0 Å². The van der Waals surface area contributed by atoms with E-state index in [2.05, 4.69) is 64.0 Å². The van der Waals surface area contributed by atoms with Crippen molar-refractivity contribution in [3.63, 3.8) is 0 Å². The predicted molar refractivity (Wildman–Crippen MR) is 119 cm³/mol. The van der Waals surface area contributed by atoms with Gasteiger partial charge in [-0.2, -0.15) is 0 Å². The lowest BCUT2D eigenvalue weighted by Gasteiger charge is -2.36. The van der Waals surface area contributed by atoms with Crippen LogP contribution < -0.4 is 5.32 Å². The number of nitrogens with one attached hydrogen (secondary N) is 1. The van der Waals surface area contributed by atoms with Gasteiger partial charge in [0.1, 0.15) is 18.5 Å². The number of hydrogen-bond acceptors (Lipinski definition) is 4. The summed E-state index contributed by atoms with van der Waals surface area (Å²) in [5, 5.41) is 12.3. The van der Waals surface area contributed by atoms with Crippen molar-refractivity contribution in [3.8, 4) is 0 Å². The van der Waals surface area contributed by atoms with Gasteiger partial charge in [-0.05, 0) is 44.7 Å². The molecule has 3 heterocycles. The highest BCUT2D eigenvalue weighted by Gasteiger charge is 2.25. The molecule has 0 spiro atoms. The van der Waals surface area contributed by atoms with Crippen LogP contribution in [0.5, 0.6) is 0 Å². The van der Waals surface area contributed by atoms with Crippen LogP contribution >= 0.6 is 0 Å². The summed E-state index contributed by atoms with van der Waals surface area (Å²) >= 11 is 0. The molecule has 30 heavy (non-hydrogen) atoms. The minimum absolute atomic E-state index is 0.0626. The first-order chi connectivity index (χ1) is 14.7. The molecule has 2 aliphatic heterocycles. The molecule has 1 aromatic heterocycles. The Balaban J connectivity index is 1.50. The maximum absolute atomic E-state index is 6.13. The zero-order valence-electron chi connectivity index (χ0n) is 18.5. The summed E-state index contributed by atoms with van der Waals surface area (Å²) in [6.45, 7) is 11.1. The zero-order chi connectivity index (χ0) is 20.9. The van der Waals surface area contributed by atoms with Crippen LogP contribution in [0.1, 0.15) is 60.6 Å². The third kappa shape index (κ3) is 4.67. The lowest BCUT2D eigenvalue weighted by Crippen LogP contribution is -2.48. The number of aromatic nitrogens is 3. The van der Waals surface area contributed by atoms with Gasteiger partial charge in [0.2, 0.25) is 0 Å². The summed E-state index contributed by atoms with van der Waals surface area (Å²) in [6, 6.07) is 6.60. The Labute approximate surface area is 179 Å². The molecule has 1 aromatic carbocycles. The fourth-order valence-electron chi connectivity index (χ4n) is 4.45. The molecule has 1 atom stereocenters. The van der Waals surface area contributed by atoms with Gasteiger partial charge in [-0.1, -0.05) is 30.2 Å². The first-order valence-electron chi connectivity index (χ1n) is 11.3. The van der Waals surface area contributed by atoms with Crippen molar-refractivity contribution in [1.82, 2.24) is 25.0 Å². The molecular formula is C23H34N6O. The van der Waals surface area contributed by atoms with Crippen LogP contribution in [-0.4, -0.2) is 51.9 Å². The summed E-state index contributed by atoms with van der Waals surface area (Å²) in [5.74, 6) is 3.02. The Bertz CT molecular complexity index is 890. The van der Waals surface area contributed by atoms with Crippen LogP contribution in [0.4, 0.5) is 0 Å². The third-order valence-corrected chi connectivity index (χ3v) is 6.03. The molecule has 0 bridgehead atoms. The Morgan fingerprint density at radius 3 is 2.93 bits per heavy atom. The Morgan fingerprint density at radius 2 is 2.10 bits per heavy atom. The normalized spacial score (nSPS) is 20.0. The average molecular weight is 411 g/mol. The summed E-state index contributed by atoms with van der Waals surface area (Å²) in [5.41, 5.74) is 3.84. The van der Waals surface area contributed by atoms with Gasteiger partial charge in [-0.15, -0.1) is 10.2 Å². The second kappa shape index (κ2) is 9.60. The minimum Gasteiger partial charge on any atom is -0.370 e. The molecule has 0 aliphatic carbocycles. The molecule has 0 radical (unpaired) electrons. The molecule has 7 heteroatoms. The van der Waals surface area contributed by atoms with E-state index in [-0.39, 0.29) is 6.10 Å². The third-order valence-electron chi connectivity index (χ3n) is 6.03. The van der Waals surface area contributed by atoms with Crippen molar-refractivity contribution in [1.29, 1.82) is 0 Å². The van der Waals surface area contributed by atoms with Crippen LogP contribution in [0.2, 0.25) is 0 Å². The summed E-state index contributed by atoms with van der Waals surface area (Å²) in [7, 11) is 0. The van der Waals surface area contributed by atoms with Crippen molar-refractivity contribution in [2.75, 3.05) is 26.2 Å². The van der Waals surface area contributed by atoms with Crippen molar-refractivity contribution in [2.24, 2.45) is 4.99 Å². The van der Waals surface area contributed by atoms with E-state index >= 15 is 0 Å². The van der Waals surface area contributed by atoms with Crippen molar-refractivity contribution >= 4 is 5.96 Å². The van der Waals surface area contributed by atoms with Gasteiger partial charge >= 0.3 is 0 Å². The van der Waals surface area contributed by atoms with Gasteiger partial charge in [0.05, 0.1) is 13.2 Å². The summed E-state index contributed by atoms with van der Waals surface area (Å²) < 4.78 is 8.41. The number of benzene rings is 1. The van der Waals surface area contributed by atoms with Gasteiger partial charge in [0, 0.05) is 26.1 Å². The maximum atomic E-state index is 6.13. The fraction of sp³-hybridized carbons (Fsp3) is 0.609. The Hall–Kier alpha value is -2.41. The first kappa shape index (κ1) is 20.8. The number of morpholine rings is 1. The van der Waals surface area contributed by atoms with E-state index in [1.54, 1.807) is 0 Å². The molecule has 1 saturated heterocycles. The highest BCUT2D eigenvalue weighted by Crippen LogP contribution is 2.26. The van der Waals surface area contributed by atoms with Crippen LogP contribution in [-0.2, 0) is 24.2 Å². The van der Waals surface area contributed by atoms with E-state index in [9.17, 15) is 0 Å². The average Bonchev–Trinajstić information content (AvgIpc) is 2.97. The molecule has 1 unspecified atom stereocenters. The van der Waals surface area contributed by atoms with Crippen molar-refractivity contribution in [3.05, 3.63) is 46.5 Å². The highest BCUT2D eigenvalue weighted by atomic mass is 16.5. The number of ether oxygens (including phenoxy) is 1. The molecule has 2 aliphatic rings. The second-order valence-electron chi connectivity index (χ2n) is 8.33. The van der Waals surface area contributed by atoms with Crippen LogP contribution in [0.3, 0.4) is 0 Å². The number of hydrogen-bond donors (Lipinski definition) is 1. The van der Waals surface area contributed by atoms with Crippen LogP contribution in [0.15, 0.2) is 23.2 Å². The van der Waals surface area contributed by atoms with E-state index in [1.807, 2.05) is 0 Å². The zero-order valence-corrected chi connectivity index (χ0v) is 18.5. The van der Waals surface area contributed by atoms with E-state index < -0.39 is 0 Å². The van der Waals surface area contributed by atoms with Gasteiger partial charge in [0.25, 0.3) is 0 Å². The fourth-order valence-corrected chi connectivity index (χ4v) is 4.45. The van der Waals surface area contributed by atoms with E-state index in [0.29, 0.717) is 13.2 Å². The molecule has 162 valence electrons. The lowest BCUT2D eigenvalue weighted by molar-refractivity contribution is -0.00835. The monoisotopic (exact) mass is 410 g/mol. The Morgan fingerprint density at radius 1 is 1.20 bits per heavy atom. The molecule has 7 nitrogen and oxygen atoms in total. The van der Waals surface area contributed by atoms with E-state index in [0.717, 1.165) is 50.2 Å². The van der Waals surface area contributed by atoms with E-state index in [4.69, 9.17) is 9.73 Å². The number of aliphatic imine (C=N–C) groups is 1. The Kier molecular flexibility index (Phi) is 6.67. The summed E-state index contributed by atoms with van der Waals surface area (Å²) in [6.07, 6.45) is 4.76. The second-order valence-corrected chi connectivity index (χ2v) is 8.33. The molecule has 0 saturated carbocycles. The largest absolute Gasteiger partial charge is 0.370 e. The van der Waals surface area contributed by atoms with Crippen LogP contribution in [0.25, 0.3) is 0 Å².